The van der Waals surface area contributed by atoms with Gasteiger partial charge in [0, 0.05) is 24.3 Å². The number of halogens is 2. The summed E-state index contributed by atoms with van der Waals surface area (Å²) in [7, 11) is 0. The van der Waals surface area contributed by atoms with Gasteiger partial charge in [-0.3, -0.25) is 9.36 Å². The van der Waals surface area contributed by atoms with Gasteiger partial charge < -0.3 is 4.90 Å². The predicted octanol–water partition coefficient (Wildman–Crippen LogP) is 4.32. The minimum atomic E-state index is -0.350. The average molecular weight is 414 g/mol. The van der Waals surface area contributed by atoms with E-state index in [4.69, 9.17) is 0 Å². The van der Waals surface area contributed by atoms with Crippen LogP contribution in [0, 0.1) is 11.6 Å². The number of likely N-dealkylation sites (tertiary alicyclic amines) is 1. The highest BCUT2D eigenvalue weighted by molar-refractivity contribution is 8.00. The summed E-state index contributed by atoms with van der Waals surface area (Å²) in [6.07, 6.45) is 2.06. The molecule has 1 amide bonds. The normalized spacial score (nSPS) is 14.9. The molecule has 150 valence electrons. The lowest BCUT2D eigenvalue weighted by atomic mass is 10.2. The van der Waals surface area contributed by atoms with Crippen LogP contribution in [-0.2, 0) is 4.79 Å². The Labute approximate surface area is 171 Å². The van der Waals surface area contributed by atoms with Gasteiger partial charge in [0.25, 0.3) is 0 Å². The Bertz CT molecular complexity index is 999. The first-order chi connectivity index (χ1) is 14.0. The van der Waals surface area contributed by atoms with E-state index in [-0.39, 0.29) is 22.8 Å². The van der Waals surface area contributed by atoms with E-state index in [2.05, 4.69) is 10.2 Å². The van der Waals surface area contributed by atoms with Crippen LogP contribution in [0.1, 0.15) is 19.8 Å². The summed E-state index contributed by atoms with van der Waals surface area (Å²) in [6, 6.07) is 11.9. The van der Waals surface area contributed by atoms with Gasteiger partial charge in [-0.1, -0.05) is 11.8 Å². The van der Waals surface area contributed by atoms with Crippen molar-refractivity contribution >= 4 is 17.7 Å². The van der Waals surface area contributed by atoms with Crippen LogP contribution >= 0.6 is 11.8 Å². The van der Waals surface area contributed by atoms with Crippen LogP contribution in [0.4, 0.5) is 8.78 Å². The summed E-state index contributed by atoms with van der Waals surface area (Å²) in [4.78, 5) is 14.6. The van der Waals surface area contributed by atoms with E-state index in [1.165, 1.54) is 36.0 Å². The van der Waals surface area contributed by atoms with Gasteiger partial charge >= 0.3 is 0 Å². The Hall–Kier alpha value is -2.74. The van der Waals surface area contributed by atoms with Gasteiger partial charge in [-0.15, -0.1) is 10.2 Å². The third kappa shape index (κ3) is 4.17. The van der Waals surface area contributed by atoms with Crippen molar-refractivity contribution in [3.05, 3.63) is 60.2 Å². The van der Waals surface area contributed by atoms with Gasteiger partial charge in [-0.2, -0.15) is 0 Å². The summed E-state index contributed by atoms with van der Waals surface area (Å²) in [6.45, 7) is 3.43. The van der Waals surface area contributed by atoms with Crippen LogP contribution < -0.4 is 0 Å². The number of amides is 1. The minimum Gasteiger partial charge on any atom is -0.342 e. The fraction of sp³-hybridized carbons (Fsp3) is 0.286. The molecule has 29 heavy (non-hydrogen) atoms. The molecule has 0 bridgehead atoms. The second-order valence-electron chi connectivity index (χ2n) is 6.92. The molecule has 2 heterocycles. The molecule has 0 aliphatic carbocycles. The molecule has 1 aliphatic rings. The number of carbonyl (C=O) groups excluding carboxylic acids is 1. The highest BCUT2D eigenvalue weighted by atomic mass is 32.2. The lowest BCUT2D eigenvalue weighted by molar-refractivity contribution is -0.129. The van der Waals surface area contributed by atoms with Crippen molar-refractivity contribution in [2.75, 3.05) is 13.1 Å². The summed E-state index contributed by atoms with van der Waals surface area (Å²) in [5.74, 6) is -0.123. The largest absolute Gasteiger partial charge is 0.342 e. The molecule has 0 radical (unpaired) electrons. The van der Waals surface area contributed by atoms with Gasteiger partial charge in [0.2, 0.25) is 5.91 Å². The SMILES string of the molecule is C[C@@H](Sc1nnc(-c2ccc(F)cc2)n1-c1ccc(F)cc1)C(=O)N1CCCC1. The maximum Gasteiger partial charge on any atom is 0.235 e. The highest BCUT2D eigenvalue weighted by Crippen LogP contribution is 2.31. The highest BCUT2D eigenvalue weighted by Gasteiger charge is 2.26. The number of hydrogen-bond acceptors (Lipinski definition) is 4. The molecular weight excluding hydrogens is 394 g/mol. The summed E-state index contributed by atoms with van der Waals surface area (Å²) < 4.78 is 28.6. The average Bonchev–Trinajstić information content (AvgIpc) is 3.39. The predicted molar refractivity (Wildman–Crippen MR) is 108 cm³/mol. The molecule has 0 spiro atoms. The van der Waals surface area contributed by atoms with E-state index in [1.807, 2.05) is 11.8 Å². The lowest BCUT2D eigenvalue weighted by Gasteiger charge is -2.20. The third-order valence-corrected chi connectivity index (χ3v) is 5.90. The van der Waals surface area contributed by atoms with Crippen LogP contribution in [0.15, 0.2) is 53.7 Å². The van der Waals surface area contributed by atoms with Crippen LogP contribution in [-0.4, -0.2) is 43.9 Å². The Morgan fingerprint density at radius 3 is 2.17 bits per heavy atom. The van der Waals surface area contributed by atoms with Crippen LogP contribution in [0.2, 0.25) is 0 Å². The number of hydrogen-bond donors (Lipinski definition) is 0. The molecule has 1 aromatic heterocycles. The maximum atomic E-state index is 13.4. The number of carbonyl (C=O) groups is 1. The van der Waals surface area contributed by atoms with Crippen molar-refractivity contribution in [2.45, 2.75) is 30.2 Å². The first kappa shape index (κ1) is 19.6. The van der Waals surface area contributed by atoms with E-state index < -0.39 is 0 Å². The molecule has 8 heteroatoms. The van der Waals surface area contributed by atoms with Crippen LogP contribution in [0.3, 0.4) is 0 Å². The van der Waals surface area contributed by atoms with Gasteiger partial charge in [0.1, 0.15) is 11.6 Å². The second kappa shape index (κ2) is 8.32. The fourth-order valence-electron chi connectivity index (χ4n) is 3.36. The smallest absolute Gasteiger partial charge is 0.235 e. The van der Waals surface area contributed by atoms with Crippen LogP contribution in [0.5, 0.6) is 0 Å². The summed E-state index contributed by atoms with van der Waals surface area (Å²) in [5.41, 5.74) is 1.34. The Morgan fingerprint density at radius 1 is 0.966 bits per heavy atom. The number of nitrogens with zero attached hydrogens (tertiary/aromatic N) is 4. The van der Waals surface area contributed by atoms with E-state index >= 15 is 0 Å². The molecule has 2 aromatic carbocycles. The van der Waals surface area contributed by atoms with Crippen molar-refractivity contribution in [1.29, 1.82) is 0 Å². The zero-order valence-electron chi connectivity index (χ0n) is 15.9. The topological polar surface area (TPSA) is 51.0 Å². The minimum absolute atomic E-state index is 0.0736. The second-order valence-corrected chi connectivity index (χ2v) is 8.23. The van der Waals surface area contributed by atoms with Gasteiger partial charge in [0.05, 0.1) is 5.25 Å². The zero-order chi connectivity index (χ0) is 20.4. The van der Waals surface area contributed by atoms with E-state index in [0.717, 1.165) is 25.9 Å². The maximum absolute atomic E-state index is 13.4. The third-order valence-electron chi connectivity index (χ3n) is 4.87. The first-order valence-electron chi connectivity index (χ1n) is 9.45. The number of rotatable bonds is 5. The van der Waals surface area contributed by atoms with E-state index in [9.17, 15) is 13.6 Å². The van der Waals surface area contributed by atoms with Gasteiger partial charge in [0.15, 0.2) is 11.0 Å². The van der Waals surface area contributed by atoms with Gasteiger partial charge in [-0.25, -0.2) is 8.78 Å². The molecule has 0 N–H and O–H groups in total. The quantitative estimate of drug-likeness (QED) is 0.584. The van der Waals surface area contributed by atoms with Crippen molar-refractivity contribution in [1.82, 2.24) is 19.7 Å². The summed E-state index contributed by atoms with van der Waals surface area (Å²) in [5, 5.41) is 8.74. The molecule has 1 saturated heterocycles. The molecule has 1 fully saturated rings. The molecule has 0 unspecified atom stereocenters. The van der Waals surface area contributed by atoms with Crippen LogP contribution in [0.25, 0.3) is 17.1 Å². The number of thioether (sulfide) groups is 1. The Morgan fingerprint density at radius 2 is 1.55 bits per heavy atom. The number of aromatic nitrogens is 3. The monoisotopic (exact) mass is 414 g/mol. The van der Waals surface area contributed by atoms with E-state index in [0.29, 0.717) is 22.2 Å². The standard InChI is InChI=1S/C21H20F2N4OS/c1-14(20(28)26-12-2-3-13-26)29-21-25-24-19(15-4-6-16(22)7-5-15)27(21)18-10-8-17(23)9-11-18/h4-11,14H,2-3,12-13H2,1H3/t14-/m1/s1. The molecule has 5 nitrogen and oxygen atoms in total. The van der Waals surface area contributed by atoms with E-state index in [1.54, 1.807) is 28.8 Å². The first-order valence-corrected chi connectivity index (χ1v) is 10.3. The number of benzene rings is 2. The van der Waals surface area contributed by atoms with Gasteiger partial charge in [-0.05, 0) is 68.3 Å². The molecule has 1 atom stereocenters. The van der Waals surface area contributed by atoms with Crippen molar-refractivity contribution in [2.24, 2.45) is 0 Å². The Kier molecular flexibility index (Phi) is 5.62. The lowest BCUT2D eigenvalue weighted by Crippen LogP contribution is -2.34. The molecule has 0 saturated carbocycles. The molecular formula is C21H20F2N4OS. The summed E-state index contributed by atoms with van der Waals surface area (Å²) >= 11 is 1.31. The molecule has 4 rings (SSSR count). The molecule has 3 aromatic rings. The fourth-order valence-corrected chi connectivity index (χ4v) is 4.31. The zero-order valence-corrected chi connectivity index (χ0v) is 16.7. The molecule has 1 aliphatic heterocycles. The Balaban J connectivity index is 1.70. The van der Waals surface area contributed by atoms with Crippen molar-refractivity contribution in [3.8, 4) is 17.1 Å². The van der Waals surface area contributed by atoms with Crippen molar-refractivity contribution in [3.63, 3.8) is 0 Å². The van der Waals surface area contributed by atoms with Crippen molar-refractivity contribution < 1.29 is 13.6 Å².